The molecule has 3 N–H and O–H groups in total. The quantitative estimate of drug-likeness (QED) is 0.0982. The summed E-state index contributed by atoms with van der Waals surface area (Å²) in [4.78, 5) is 21.2. The Labute approximate surface area is 187 Å². The molecule has 0 aromatic heterocycles. The van der Waals surface area contributed by atoms with Crippen molar-refractivity contribution in [1.82, 2.24) is 0 Å². The number of phosphoric ester groups is 1. The molecule has 0 aromatic rings. The van der Waals surface area contributed by atoms with Gasteiger partial charge in [0, 0.05) is 6.42 Å². The van der Waals surface area contributed by atoms with Gasteiger partial charge in [-0.1, -0.05) is 57.6 Å². The van der Waals surface area contributed by atoms with Gasteiger partial charge in [-0.25, -0.2) is 4.57 Å². The summed E-state index contributed by atoms with van der Waals surface area (Å²) in [6.07, 6.45) is 15.1. The minimum atomic E-state index is -4.42. The molecule has 0 amide bonds. The highest BCUT2D eigenvalue weighted by atomic mass is 31.2. The van der Waals surface area contributed by atoms with Crippen molar-refractivity contribution in [3.05, 3.63) is 19.1 Å². The van der Waals surface area contributed by atoms with Gasteiger partial charge >= 0.3 is 13.8 Å². The van der Waals surface area contributed by atoms with Crippen LogP contribution in [0.4, 0.5) is 0 Å². The maximum absolute atomic E-state index is 11.8. The first kappa shape index (κ1) is 30.2. The summed E-state index contributed by atoms with van der Waals surface area (Å²) in [6.45, 7) is 4.20. The van der Waals surface area contributed by atoms with Crippen LogP contribution in [0.1, 0.15) is 84.0 Å². The second-order valence-electron chi connectivity index (χ2n) is 7.64. The van der Waals surface area contributed by atoms with Crippen molar-refractivity contribution in [2.45, 2.75) is 96.2 Å². The fraction of sp³-hybridized carbons (Fsp3) is 0.818. The van der Waals surface area contributed by atoms with Crippen LogP contribution in [0.25, 0.3) is 0 Å². The van der Waals surface area contributed by atoms with Gasteiger partial charge in [0.15, 0.2) is 0 Å². The predicted molar refractivity (Wildman–Crippen MR) is 120 cm³/mol. The Morgan fingerprint density at radius 3 is 2.13 bits per heavy atom. The maximum Gasteiger partial charge on any atom is 0.472 e. The molecule has 0 heterocycles. The first-order valence-corrected chi connectivity index (χ1v) is 12.9. The molecule has 0 bridgehead atoms. The molecule has 0 spiro atoms. The molecule has 0 aliphatic rings. The van der Waals surface area contributed by atoms with E-state index in [0.717, 1.165) is 38.5 Å². The standard InChI is InChI=1S/C22H42O8P/c1-3-4-5-6-7-8-9-10-11-12-13-14-15-16-22(25)30-20(2)18-28-31(26,27)29-19-21(24)17-23/h8-9,20-21,23-24H,2-7,10-19H2,1H3,(H,26,27)/b9-8+/t20-,21+/m1/s1. The Hall–Kier alpha value is -0.760. The molecule has 8 nitrogen and oxygen atoms in total. The number of aliphatic hydroxyl groups is 2. The average molecular weight is 466 g/mol. The van der Waals surface area contributed by atoms with Crippen molar-refractivity contribution in [2.24, 2.45) is 0 Å². The van der Waals surface area contributed by atoms with Crippen molar-refractivity contribution >= 4 is 13.8 Å². The molecular weight excluding hydrogens is 423 g/mol. The second-order valence-corrected chi connectivity index (χ2v) is 9.09. The Kier molecular flexibility index (Phi) is 19.4. The monoisotopic (exact) mass is 465 g/mol. The van der Waals surface area contributed by atoms with Gasteiger partial charge in [-0.05, 0) is 39.0 Å². The summed E-state index contributed by atoms with van der Waals surface area (Å²) in [5.41, 5.74) is 0. The third-order valence-electron chi connectivity index (χ3n) is 4.51. The van der Waals surface area contributed by atoms with Gasteiger partial charge < -0.3 is 19.8 Å². The van der Waals surface area contributed by atoms with Crippen LogP contribution in [0.15, 0.2) is 12.2 Å². The molecule has 0 saturated heterocycles. The maximum atomic E-state index is 11.8. The summed E-state index contributed by atoms with van der Waals surface area (Å²) in [7, 11) is -4.42. The summed E-state index contributed by atoms with van der Waals surface area (Å²) in [5, 5.41) is 17.7. The molecule has 0 fully saturated rings. The molecule has 0 aliphatic carbocycles. The van der Waals surface area contributed by atoms with Gasteiger partial charge in [0.2, 0.25) is 0 Å². The molecule has 9 heteroatoms. The van der Waals surface area contributed by atoms with Crippen LogP contribution < -0.4 is 0 Å². The molecule has 0 saturated carbocycles. The number of phosphoric acid groups is 1. The largest absolute Gasteiger partial charge is 0.472 e. The van der Waals surface area contributed by atoms with Gasteiger partial charge in [0.25, 0.3) is 0 Å². The molecule has 1 radical (unpaired) electrons. The molecule has 1 unspecified atom stereocenters. The van der Waals surface area contributed by atoms with Crippen LogP contribution in [0.3, 0.4) is 0 Å². The fourth-order valence-corrected chi connectivity index (χ4v) is 3.50. The van der Waals surface area contributed by atoms with E-state index in [0.29, 0.717) is 0 Å². The normalized spacial score (nSPS) is 15.6. The molecule has 0 aliphatic heterocycles. The smallest absolute Gasteiger partial charge is 0.460 e. The van der Waals surface area contributed by atoms with Gasteiger partial charge in [-0.3, -0.25) is 13.8 Å². The molecule has 0 aromatic carbocycles. The van der Waals surface area contributed by atoms with E-state index in [2.05, 4.69) is 35.0 Å². The number of ether oxygens (including phenoxy) is 1. The van der Waals surface area contributed by atoms with E-state index >= 15 is 0 Å². The Bertz CT molecular complexity index is 512. The van der Waals surface area contributed by atoms with E-state index in [-0.39, 0.29) is 6.42 Å². The fourth-order valence-electron chi connectivity index (χ4n) is 2.71. The highest BCUT2D eigenvalue weighted by Crippen LogP contribution is 2.43. The number of rotatable bonds is 21. The van der Waals surface area contributed by atoms with Gasteiger partial charge in [-0.2, -0.15) is 0 Å². The Morgan fingerprint density at radius 2 is 1.52 bits per heavy atom. The highest BCUT2D eigenvalue weighted by Gasteiger charge is 2.24. The minimum absolute atomic E-state index is 0.264. The molecule has 183 valence electrons. The van der Waals surface area contributed by atoms with Crippen LogP contribution in [-0.2, 0) is 23.1 Å². The van der Waals surface area contributed by atoms with E-state index in [1.165, 1.54) is 32.1 Å². The lowest BCUT2D eigenvalue weighted by Gasteiger charge is -2.17. The van der Waals surface area contributed by atoms with E-state index in [1.807, 2.05) is 0 Å². The van der Waals surface area contributed by atoms with Crippen LogP contribution in [-0.4, -0.2) is 53.1 Å². The third kappa shape index (κ3) is 20.9. The number of hydrogen-bond acceptors (Lipinski definition) is 7. The van der Waals surface area contributed by atoms with Crippen molar-refractivity contribution in [2.75, 3.05) is 19.8 Å². The number of aliphatic hydroxyl groups excluding tert-OH is 2. The lowest BCUT2D eigenvalue weighted by atomic mass is 10.1. The van der Waals surface area contributed by atoms with E-state index in [9.17, 15) is 14.3 Å². The van der Waals surface area contributed by atoms with Crippen LogP contribution in [0.5, 0.6) is 0 Å². The van der Waals surface area contributed by atoms with Gasteiger partial charge in [-0.15, -0.1) is 0 Å². The van der Waals surface area contributed by atoms with Crippen LogP contribution in [0, 0.1) is 6.92 Å². The average Bonchev–Trinajstić information content (AvgIpc) is 2.74. The van der Waals surface area contributed by atoms with Crippen LogP contribution >= 0.6 is 7.82 Å². The number of unbranched alkanes of at least 4 members (excludes halogenated alkanes) is 9. The highest BCUT2D eigenvalue weighted by molar-refractivity contribution is 7.47. The van der Waals surface area contributed by atoms with Gasteiger partial charge in [0.05, 0.1) is 19.8 Å². The zero-order valence-electron chi connectivity index (χ0n) is 19.0. The Balaban J connectivity index is 3.64. The molecule has 0 rings (SSSR count). The summed E-state index contributed by atoms with van der Waals surface area (Å²) in [6, 6.07) is 0. The topological polar surface area (TPSA) is 123 Å². The first-order chi connectivity index (χ1) is 14.8. The summed E-state index contributed by atoms with van der Waals surface area (Å²) >= 11 is 0. The first-order valence-electron chi connectivity index (χ1n) is 11.4. The van der Waals surface area contributed by atoms with Gasteiger partial charge in [0.1, 0.15) is 12.2 Å². The number of allylic oxidation sites excluding steroid dienone is 2. The number of carbonyl (C=O) groups excluding carboxylic acids is 1. The van der Waals surface area contributed by atoms with Crippen molar-refractivity contribution in [3.63, 3.8) is 0 Å². The minimum Gasteiger partial charge on any atom is -0.460 e. The number of hydrogen-bond donors (Lipinski definition) is 3. The third-order valence-corrected chi connectivity index (χ3v) is 5.46. The molecule has 3 atom stereocenters. The lowest BCUT2D eigenvalue weighted by molar-refractivity contribution is -0.148. The zero-order chi connectivity index (χ0) is 23.4. The summed E-state index contributed by atoms with van der Waals surface area (Å²) < 4.78 is 25.8. The van der Waals surface area contributed by atoms with Crippen LogP contribution in [0.2, 0.25) is 0 Å². The molecule has 31 heavy (non-hydrogen) atoms. The number of carbonyl (C=O) groups is 1. The molecular formula is C22H42O8P. The lowest BCUT2D eigenvalue weighted by Crippen LogP contribution is -2.22. The number of esters is 1. The zero-order valence-corrected chi connectivity index (χ0v) is 19.8. The van der Waals surface area contributed by atoms with Crippen molar-refractivity contribution in [1.29, 1.82) is 0 Å². The van der Waals surface area contributed by atoms with Crippen molar-refractivity contribution < 1.29 is 38.3 Å². The SMILES string of the molecule is [CH2][C@H](COP(=O)(O)OC[C@@H](O)CO)OC(=O)CCCCCCC/C=C/CCCCCC. The second kappa shape index (κ2) is 19.9. The summed E-state index contributed by atoms with van der Waals surface area (Å²) in [5.74, 6) is -0.431. The van der Waals surface area contributed by atoms with E-state index in [4.69, 9.17) is 14.9 Å². The Morgan fingerprint density at radius 1 is 0.968 bits per heavy atom. The van der Waals surface area contributed by atoms with E-state index in [1.54, 1.807) is 0 Å². The predicted octanol–water partition coefficient (Wildman–Crippen LogP) is 4.48. The van der Waals surface area contributed by atoms with Crippen molar-refractivity contribution in [3.8, 4) is 0 Å². The van der Waals surface area contributed by atoms with E-state index < -0.39 is 45.8 Å².